The Balaban J connectivity index is 2.77. The van der Waals surface area contributed by atoms with Crippen LogP contribution in [-0.2, 0) is 0 Å². The van der Waals surface area contributed by atoms with E-state index in [-0.39, 0.29) is 0 Å². The number of ether oxygens (including phenoxy) is 1. The van der Waals surface area contributed by atoms with Crippen molar-refractivity contribution in [3.05, 3.63) is 26.6 Å². The van der Waals surface area contributed by atoms with Crippen molar-refractivity contribution >= 4 is 63.7 Å². The van der Waals surface area contributed by atoms with Crippen molar-refractivity contribution in [1.29, 1.82) is 0 Å². The van der Waals surface area contributed by atoms with Crippen LogP contribution in [0.4, 0.5) is 0 Å². The highest BCUT2D eigenvalue weighted by molar-refractivity contribution is 9.12. The summed E-state index contributed by atoms with van der Waals surface area (Å²) in [6.45, 7) is 2.68. The van der Waals surface area contributed by atoms with Crippen molar-refractivity contribution in [2.45, 2.75) is 11.8 Å². The largest absolute Gasteiger partial charge is 0.491 e. The van der Waals surface area contributed by atoms with Crippen LogP contribution in [0.25, 0.3) is 0 Å². The zero-order valence-electron chi connectivity index (χ0n) is 8.07. The SMILES string of the molecule is Cc1cc(Br)cc(Br)c1OCC(Br)CBr. The van der Waals surface area contributed by atoms with Gasteiger partial charge in [-0.1, -0.05) is 47.8 Å². The van der Waals surface area contributed by atoms with E-state index in [9.17, 15) is 0 Å². The van der Waals surface area contributed by atoms with Crippen molar-refractivity contribution in [2.24, 2.45) is 0 Å². The second kappa shape index (κ2) is 6.62. The molecule has 0 bridgehead atoms. The molecule has 0 radical (unpaired) electrons. The first-order chi connectivity index (χ1) is 7.04. The van der Waals surface area contributed by atoms with Gasteiger partial charge in [0.25, 0.3) is 0 Å². The number of benzene rings is 1. The van der Waals surface area contributed by atoms with E-state index in [1.807, 2.05) is 19.1 Å². The van der Waals surface area contributed by atoms with Gasteiger partial charge < -0.3 is 4.74 Å². The summed E-state index contributed by atoms with van der Waals surface area (Å²) < 4.78 is 7.76. The topological polar surface area (TPSA) is 9.23 Å². The smallest absolute Gasteiger partial charge is 0.136 e. The standard InChI is InChI=1S/C10H10Br4O/c1-6-2-7(12)3-9(14)10(6)15-5-8(13)4-11/h2-3,8H,4-5H2,1H3. The first kappa shape index (κ1) is 14.0. The minimum atomic E-state index is 0.326. The number of rotatable bonds is 4. The summed E-state index contributed by atoms with van der Waals surface area (Å²) in [6.07, 6.45) is 0. The Kier molecular flexibility index (Phi) is 6.18. The van der Waals surface area contributed by atoms with E-state index in [1.165, 1.54) is 0 Å². The first-order valence-electron chi connectivity index (χ1n) is 4.33. The van der Waals surface area contributed by atoms with Gasteiger partial charge >= 0.3 is 0 Å². The second-order valence-corrected chi connectivity index (χ2v) is 6.81. The molecule has 5 heteroatoms. The molecule has 0 aliphatic rings. The van der Waals surface area contributed by atoms with E-state index in [4.69, 9.17) is 4.74 Å². The predicted octanol–water partition coefficient (Wildman–Crippen LogP) is 5.06. The number of hydrogen-bond acceptors (Lipinski definition) is 1. The van der Waals surface area contributed by atoms with E-state index < -0.39 is 0 Å². The fourth-order valence-electron chi connectivity index (χ4n) is 1.09. The monoisotopic (exact) mass is 462 g/mol. The quantitative estimate of drug-likeness (QED) is 0.565. The zero-order chi connectivity index (χ0) is 11.4. The van der Waals surface area contributed by atoms with Crippen LogP contribution in [0.1, 0.15) is 5.56 Å². The maximum atomic E-state index is 5.73. The Bertz CT molecular complexity index is 317. The van der Waals surface area contributed by atoms with Crippen LogP contribution in [0.15, 0.2) is 21.1 Å². The van der Waals surface area contributed by atoms with E-state index >= 15 is 0 Å². The molecule has 0 spiro atoms. The first-order valence-corrected chi connectivity index (χ1v) is 7.95. The molecule has 1 unspecified atom stereocenters. The normalized spacial score (nSPS) is 12.6. The summed E-state index contributed by atoms with van der Waals surface area (Å²) in [6, 6.07) is 4.02. The number of alkyl halides is 2. The molecule has 0 amide bonds. The van der Waals surface area contributed by atoms with E-state index in [2.05, 4.69) is 63.7 Å². The molecular formula is C10H10Br4O. The van der Waals surface area contributed by atoms with Crippen LogP contribution in [-0.4, -0.2) is 16.8 Å². The lowest BCUT2D eigenvalue weighted by atomic mass is 10.2. The van der Waals surface area contributed by atoms with Crippen molar-refractivity contribution < 1.29 is 4.74 Å². The molecule has 84 valence electrons. The van der Waals surface area contributed by atoms with Gasteiger partial charge in [-0.2, -0.15) is 0 Å². The van der Waals surface area contributed by atoms with Crippen LogP contribution in [0.3, 0.4) is 0 Å². The maximum Gasteiger partial charge on any atom is 0.136 e. The van der Waals surface area contributed by atoms with Crippen molar-refractivity contribution in [3.8, 4) is 5.75 Å². The molecule has 0 aromatic heterocycles. The number of halogens is 4. The molecule has 15 heavy (non-hydrogen) atoms. The average molecular weight is 466 g/mol. The number of hydrogen-bond donors (Lipinski definition) is 0. The van der Waals surface area contributed by atoms with Crippen LogP contribution < -0.4 is 4.74 Å². The maximum absolute atomic E-state index is 5.73. The molecule has 0 saturated carbocycles. The Morgan fingerprint density at radius 2 is 2.00 bits per heavy atom. The third-order valence-corrected chi connectivity index (χ3v) is 5.06. The lowest BCUT2D eigenvalue weighted by Crippen LogP contribution is -2.13. The molecular weight excluding hydrogens is 456 g/mol. The molecule has 0 N–H and O–H groups in total. The van der Waals surface area contributed by atoms with Crippen molar-refractivity contribution in [1.82, 2.24) is 0 Å². The van der Waals surface area contributed by atoms with Gasteiger partial charge in [0.15, 0.2) is 0 Å². The molecule has 1 aromatic rings. The summed E-state index contributed by atoms with van der Waals surface area (Å²) in [4.78, 5) is 0.326. The Morgan fingerprint density at radius 1 is 1.33 bits per heavy atom. The van der Waals surface area contributed by atoms with Gasteiger partial charge in [0.2, 0.25) is 0 Å². The average Bonchev–Trinajstić information content (AvgIpc) is 2.15. The van der Waals surface area contributed by atoms with E-state index in [0.29, 0.717) is 11.4 Å². The third-order valence-electron chi connectivity index (χ3n) is 1.77. The molecule has 1 atom stereocenters. The zero-order valence-corrected chi connectivity index (χ0v) is 14.4. The minimum absolute atomic E-state index is 0.326. The van der Waals surface area contributed by atoms with E-state index in [1.54, 1.807) is 0 Å². The predicted molar refractivity (Wildman–Crippen MR) is 78.6 cm³/mol. The fourth-order valence-corrected chi connectivity index (χ4v) is 2.96. The molecule has 0 fully saturated rings. The van der Waals surface area contributed by atoms with Crippen molar-refractivity contribution in [2.75, 3.05) is 11.9 Å². The van der Waals surface area contributed by atoms with Gasteiger partial charge in [0.1, 0.15) is 12.4 Å². The summed E-state index contributed by atoms with van der Waals surface area (Å²) in [5, 5.41) is 0.875. The van der Waals surface area contributed by atoms with Gasteiger partial charge in [-0.3, -0.25) is 0 Å². The van der Waals surface area contributed by atoms with Crippen molar-refractivity contribution in [3.63, 3.8) is 0 Å². The second-order valence-electron chi connectivity index (χ2n) is 3.10. The molecule has 0 heterocycles. The highest BCUT2D eigenvalue weighted by atomic mass is 79.9. The van der Waals surface area contributed by atoms with E-state index in [0.717, 1.165) is 25.6 Å². The van der Waals surface area contributed by atoms with Gasteiger partial charge in [0, 0.05) is 9.80 Å². The Hall–Kier alpha value is 0.940. The third kappa shape index (κ3) is 4.36. The molecule has 1 aromatic carbocycles. The lowest BCUT2D eigenvalue weighted by molar-refractivity contribution is 0.321. The molecule has 1 rings (SSSR count). The van der Waals surface area contributed by atoms with Crippen LogP contribution in [0.2, 0.25) is 0 Å². The van der Waals surface area contributed by atoms with Gasteiger partial charge in [0.05, 0.1) is 9.30 Å². The fraction of sp³-hybridized carbons (Fsp3) is 0.400. The van der Waals surface area contributed by atoms with Gasteiger partial charge in [-0.05, 0) is 40.5 Å². The minimum Gasteiger partial charge on any atom is -0.491 e. The van der Waals surface area contributed by atoms with Gasteiger partial charge in [-0.25, -0.2) is 0 Å². The summed E-state index contributed by atoms with van der Waals surface area (Å²) >= 11 is 13.8. The van der Waals surface area contributed by atoms with Crippen LogP contribution in [0, 0.1) is 6.92 Å². The van der Waals surface area contributed by atoms with Crippen LogP contribution in [0.5, 0.6) is 5.75 Å². The Labute approximate surface area is 123 Å². The molecule has 0 saturated heterocycles. The highest BCUT2D eigenvalue weighted by Gasteiger charge is 2.09. The summed E-state index contributed by atoms with van der Waals surface area (Å²) in [5.74, 6) is 0.906. The lowest BCUT2D eigenvalue weighted by Gasteiger charge is -2.13. The molecule has 0 aliphatic carbocycles. The Morgan fingerprint density at radius 3 is 2.53 bits per heavy atom. The molecule has 1 nitrogen and oxygen atoms in total. The summed E-state index contributed by atoms with van der Waals surface area (Å²) in [7, 11) is 0. The highest BCUT2D eigenvalue weighted by Crippen LogP contribution is 2.32. The van der Waals surface area contributed by atoms with Crippen LogP contribution >= 0.6 is 63.7 Å². The van der Waals surface area contributed by atoms with Gasteiger partial charge in [-0.15, -0.1) is 0 Å². The molecule has 0 aliphatic heterocycles. The number of aryl methyl sites for hydroxylation is 1. The summed E-state index contributed by atoms with van der Waals surface area (Å²) in [5.41, 5.74) is 1.12.